The molecular formula is C23H26FN3O3. The first kappa shape index (κ1) is 22.8. The highest BCUT2D eigenvalue weighted by Crippen LogP contribution is 2.16. The van der Waals surface area contributed by atoms with Crippen molar-refractivity contribution in [1.29, 1.82) is 0 Å². The molecule has 6 nitrogen and oxygen atoms in total. The second-order valence-electron chi connectivity index (χ2n) is 6.50. The number of aliphatic imine (C=N–C) groups is 1. The minimum Gasteiger partial charge on any atom is -0.461 e. The lowest BCUT2D eigenvalue weighted by molar-refractivity contribution is -0.144. The summed E-state index contributed by atoms with van der Waals surface area (Å²) in [7, 11) is 1.58. The van der Waals surface area contributed by atoms with Crippen LogP contribution >= 0.6 is 0 Å². The monoisotopic (exact) mass is 411 g/mol. The summed E-state index contributed by atoms with van der Waals surface area (Å²) in [5.74, 6) is -1.48. The normalized spacial score (nSPS) is 11.8. The SMILES string of the molecule is CCC(=CN)C(=NC)c1cc(F)cc(C(=O)NCCC(=O)OCc2ccccc2)c1. The van der Waals surface area contributed by atoms with Gasteiger partial charge in [-0.3, -0.25) is 14.6 Å². The third kappa shape index (κ3) is 6.55. The number of hydrogen-bond donors (Lipinski definition) is 2. The van der Waals surface area contributed by atoms with Gasteiger partial charge < -0.3 is 15.8 Å². The molecular weight excluding hydrogens is 385 g/mol. The van der Waals surface area contributed by atoms with E-state index in [4.69, 9.17) is 10.5 Å². The van der Waals surface area contributed by atoms with Crippen LogP contribution in [-0.2, 0) is 16.1 Å². The Balaban J connectivity index is 1.95. The van der Waals surface area contributed by atoms with Crippen molar-refractivity contribution in [2.24, 2.45) is 10.7 Å². The molecule has 0 aliphatic rings. The number of allylic oxidation sites excluding steroid dienone is 1. The molecule has 158 valence electrons. The fraction of sp³-hybridized carbons (Fsp3) is 0.261. The largest absolute Gasteiger partial charge is 0.461 e. The van der Waals surface area contributed by atoms with Crippen molar-refractivity contribution in [2.75, 3.05) is 13.6 Å². The number of ether oxygens (including phenoxy) is 1. The number of rotatable bonds is 9. The van der Waals surface area contributed by atoms with Crippen LogP contribution in [0.5, 0.6) is 0 Å². The summed E-state index contributed by atoms with van der Waals surface area (Å²) >= 11 is 0. The van der Waals surface area contributed by atoms with Gasteiger partial charge in [0.15, 0.2) is 0 Å². The molecule has 2 rings (SSSR count). The second kappa shape index (κ2) is 11.5. The van der Waals surface area contributed by atoms with Gasteiger partial charge in [0.25, 0.3) is 5.91 Å². The molecule has 0 unspecified atom stereocenters. The van der Waals surface area contributed by atoms with Crippen molar-refractivity contribution in [3.63, 3.8) is 0 Å². The van der Waals surface area contributed by atoms with Gasteiger partial charge >= 0.3 is 5.97 Å². The summed E-state index contributed by atoms with van der Waals surface area (Å²) < 4.78 is 19.3. The lowest BCUT2D eigenvalue weighted by Gasteiger charge is -2.11. The molecule has 0 fully saturated rings. The van der Waals surface area contributed by atoms with Gasteiger partial charge in [0, 0.05) is 24.7 Å². The van der Waals surface area contributed by atoms with E-state index in [9.17, 15) is 14.0 Å². The van der Waals surface area contributed by atoms with Gasteiger partial charge in [-0.25, -0.2) is 4.39 Å². The van der Waals surface area contributed by atoms with Gasteiger partial charge in [-0.15, -0.1) is 0 Å². The van der Waals surface area contributed by atoms with Gasteiger partial charge in [0.1, 0.15) is 12.4 Å². The Morgan fingerprint density at radius 1 is 1.17 bits per heavy atom. The zero-order valence-electron chi connectivity index (χ0n) is 17.2. The molecule has 3 N–H and O–H groups in total. The fourth-order valence-electron chi connectivity index (χ4n) is 2.87. The first-order valence-corrected chi connectivity index (χ1v) is 9.65. The molecule has 0 aliphatic heterocycles. The number of carbonyl (C=O) groups is 2. The molecule has 0 saturated carbocycles. The number of amides is 1. The van der Waals surface area contributed by atoms with Crippen molar-refractivity contribution in [1.82, 2.24) is 5.32 Å². The van der Waals surface area contributed by atoms with E-state index >= 15 is 0 Å². The lowest BCUT2D eigenvalue weighted by Crippen LogP contribution is -2.27. The lowest BCUT2D eigenvalue weighted by atomic mass is 9.98. The molecule has 30 heavy (non-hydrogen) atoms. The zero-order valence-corrected chi connectivity index (χ0v) is 17.2. The average Bonchev–Trinajstić information content (AvgIpc) is 2.76. The molecule has 0 saturated heterocycles. The molecule has 0 aromatic heterocycles. The molecule has 0 atom stereocenters. The van der Waals surface area contributed by atoms with Crippen molar-refractivity contribution in [2.45, 2.75) is 26.4 Å². The van der Waals surface area contributed by atoms with E-state index in [0.29, 0.717) is 17.7 Å². The Bertz CT molecular complexity index is 940. The predicted molar refractivity (Wildman–Crippen MR) is 115 cm³/mol. The number of esters is 1. The minimum absolute atomic E-state index is 0.0122. The smallest absolute Gasteiger partial charge is 0.307 e. The van der Waals surface area contributed by atoms with E-state index in [0.717, 1.165) is 17.2 Å². The first-order valence-electron chi connectivity index (χ1n) is 9.65. The van der Waals surface area contributed by atoms with E-state index < -0.39 is 17.7 Å². The molecule has 2 aromatic carbocycles. The third-order valence-electron chi connectivity index (χ3n) is 4.40. The van der Waals surface area contributed by atoms with Crippen LogP contribution in [0.2, 0.25) is 0 Å². The maximum Gasteiger partial charge on any atom is 0.307 e. The highest BCUT2D eigenvalue weighted by atomic mass is 19.1. The first-order chi connectivity index (χ1) is 14.5. The molecule has 0 aliphatic carbocycles. The number of carbonyl (C=O) groups excluding carboxylic acids is 2. The Kier molecular flexibility index (Phi) is 8.75. The van der Waals surface area contributed by atoms with Crippen molar-refractivity contribution < 1.29 is 18.7 Å². The van der Waals surface area contributed by atoms with Gasteiger partial charge in [0.2, 0.25) is 0 Å². The molecule has 0 bridgehead atoms. The minimum atomic E-state index is -0.562. The van der Waals surface area contributed by atoms with E-state index in [-0.39, 0.29) is 25.1 Å². The van der Waals surface area contributed by atoms with E-state index in [2.05, 4.69) is 10.3 Å². The maximum atomic E-state index is 14.1. The second-order valence-corrected chi connectivity index (χ2v) is 6.50. The molecule has 2 aromatic rings. The number of nitrogens with one attached hydrogen (secondary N) is 1. The van der Waals surface area contributed by atoms with Crippen LogP contribution in [0.1, 0.15) is 41.3 Å². The van der Waals surface area contributed by atoms with Crippen molar-refractivity contribution >= 4 is 17.6 Å². The zero-order chi connectivity index (χ0) is 21.9. The number of halogens is 1. The molecule has 0 radical (unpaired) electrons. The highest BCUT2D eigenvalue weighted by Gasteiger charge is 2.14. The van der Waals surface area contributed by atoms with Gasteiger partial charge in [0.05, 0.1) is 12.1 Å². The van der Waals surface area contributed by atoms with E-state index in [1.165, 1.54) is 12.3 Å². The fourth-order valence-corrected chi connectivity index (χ4v) is 2.87. The standard InChI is InChI=1S/C23H26FN3O3/c1-3-17(14-25)22(26-2)18-11-19(13-20(24)12-18)23(29)27-10-9-21(28)30-15-16-7-5-4-6-8-16/h4-8,11-14H,3,9-10,15,25H2,1-2H3,(H,27,29). The van der Waals surface area contributed by atoms with Crippen molar-refractivity contribution in [3.8, 4) is 0 Å². The summed E-state index contributed by atoms with van der Waals surface area (Å²) in [4.78, 5) is 28.4. The Labute approximate surface area is 175 Å². The van der Waals surface area contributed by atoms with Crippen LogP contribution in [0.4, 0.5) is 4.39 Å². The topological polar surface area (TPSA) is 93.8 Å². The van der Waals surface area contributed by atoms with Crippen LogP contribution in [0, 0.1) is 5.82 Å². The van der Waals surface area contributed by atoms with Gasteiger partial charge in [-0.1, -0.05) is 37.3 Å². The molecule has 7 heteroatoms. The summed E-state index contributed by atoms with van der Waals surface area (Å²) in [6.45, 7) is 2.16. The Hall–Kier alpha value is -3.48. The number of benzene rings is 2. The van der Waals surface area contributed by atoms with Crippen LogP contribution < -0.4 is 11.1 Å². The molecule has 0 heterocycles. The summed E-state index contributed by atoms with van der Waals surface area (Å²) in [6, 6.07) is 13.3. The van der Waals surface area contributed by atoms with Crippen LogP contribution in [0.25, 0.3) is 0 Å². The van der Waals surface area contributed by atoms with Gasteiger partial charge in [-0.2, -0.15) is 0 Å². The van der Waals surface area contributed by atoms with E-state index in [1.807, 2.05) is 37.3 Å². The quantitative estimate of drug-likeness (QED) is 0.489. The van der Waals surface area contributed by atoms with E-state index in [1.54, 1.807) is 13.1 Å². The summed E-state index contributed by atoms with van der Waals surface area (Å²) in [5, 5.41) is 2.61. The molecule has 1 amide bonds. The third-order valence-corrected chi connectivity index (χ3v) is 4.40. The number of hydrogen-bond acceptors (Lipinski definition) is 5. The molecule has 0 spiro atoms. The Morgan fingerprint density at radius 3 is 2.50 bits per heavy atom. The average molecular weight is 411 g/mol. The number of nitrogens with zero attached hydrogens (tertiary/aromatic N) is 1. The van der Waals surface area contributed by atoms with Gasteiger partial charge in [-0.05, 0) is 42.0 Å². The summed E-state index contributed by atoms with van der Waals surface area (Å²) in [6.07, 6.45) is 2.05. The van der Waals surface area contributed by atoms with Crippen LogP contribution in [0.15, 0.2) is 65.3 Å². The highest BCUT2D eigenvalue weighted by molar-refractivity contribution is 6.13. The van der Waals surface area contributed by atoms with Crippen molar-refractivity contribution in [3.05, 3.63) is 82.8 Å². The number of nitrogens with two attached hydrogens (primary N) is 1. The van der Waals surface area contributed by atoms with Crippen LogP contribution in [0.3, 0.4) is 0 Å². The predicted octanol–water partition coefficient (Wildman–Crippen LogP) is 3.36. The maximum absolute atomic E-state index is 14.1. The summed E-state index contributed by atoms with van der Waals surface area (Å²) in [5.41, 5.74) is 8.38. The van der Waals surface area contributed by atoms with Crippen LogP contribution in [-0.4, -0.2) is 31.2 Å². The Morgan fingerprint density at radius 2 is 1.87 bits per heavy atom.